The molecule has 4 nitrogen and oxygen atoms in total. The zero-order valence-electron chi connectivity index (χ0n) is 6.36. The van der Waals surface area contributed by atoms with E-state index in [-0.39, 0.29) is 5.82 Å². The van der Waals surface area contributed by atoms with Crippen LogP contribution in [-0.4, -0.2) is 10.9 Å². The summed E-state index contributed by atoms with van der Waals surface area (Å²) < 4.78 is 0. The van der Waals surface area contributed by atoms with E-state index in [4.69, 9.17) is 0 Å². The molecule has 1 aromatic rings. The predicted molar refractivity (Wildman–Crippen MR) is 43.4 cm³/mol. The Kier molecular flexibility index (Phi) is 1.55. The number of carbonyl (C=O) groups excluding carboxylic acids is 1. The van der Waals surface area contributed by atoms with Crippen molar-refractivity contribution >= 4 is 11.7 Å². The van der Waals surface area contributed by atoms with Crippen LogP contribution in [0, 0.1) is 5.21 Å². The molecule has 0 aromatic carbocycles. The normalized spacial score (nSPS) is 16.1. The largest absolute Gasteiger partial charge is 0.751 e. The van der Waals surface area contributed by atoms with Crippen LogP contribution in [0.3, 0.4) is 0 Å². The average molecular weight is 163 g/mol. The molecule has 0 radical (unpaired) electrons. The van der Waals surface area contributed by atoms with Crippen molar-refractivity contribution in [3.63, 3.8) is 0 Å². The lowest BCUT2D eigenvalue weighted by Crippen LogP contribution is -2.30. The number of hydrogen-bond donors (Lipinski definition) is 0. The number of hydrogen-bond acceptors (Lipinski definition) is 3. The van der Waals surface area contributed by atoms with Crippen LogP contribution in [0.1, 0.15) is 12.0 Å². The molecule has 0 fully saturated rings. The van der Waals surface area contributed by atoms with Crippen LogP contribution in [0.15, 0.2) is 18.3 Å². The first kappa shape index (κ1) is 7.24. The van der Waals surface area contributed by atoms with Gasteiger partial charge in [-0.15, -0.1) is 0 Å². The van der Waals surface area contributed by atoms with Gasteiger partial charge in [-0.25, -0.2) is 4.98 Å². The van der Waals surface area contributed by atoms with Gasteiger partial charge < -0.3 is 10.3 Å². The highest BCUT2D eigenvalue weighted by molar-refractivity contribution is 5.95. The Morgan fingerprint density at radius 3 is 3.17 bits per heavy atom. The monoisotopic (exact) mass is 163 g/mol. The van der Waals surface area contributed by atoms with Crippen LogP contribution in [-0.2, 0) is 11.2 Å². The van der Waals surface area contributed by atoms with E-state index in [9.17, 15) is 10.0 Å². The highest BCUT2D eigenvalue weighted by atomic mass is 16.5. The SMILES string of the molecule is O=C1CCc2cccnc2N1[O-]. The molecule has 0 spiro atoms. The Morgan fingerprint density at radius 1 is 1.50 bits per heavy atom. The topological polar surface area (TPSA) is 56.3 Å². The highest BCUT2D eigenvalue weighted by Crippen LogP contribution is 2.23. The van der Waals surface area contributed by atoms with Gasteiger partial charge in [-0.1, -0.05) is 6.07 Å². The number of fused-ring (bicyclic) bond motifs is 1. The van der Waals surface area contributed by atoms with Gasteiger partial charge in [-0.2, -0.15) is 0 Å². The van der Waals surface area contributed by atoms with Gasteiger partial charge in [0.05, 0.1) is 0 Å². The smallest absolute Gasteiger partial charge is 0.217 e. The van der Waals surface area contributed by atoms with Gasteiger partial charge in [0.25, 0.3) is 0 Å². The molecular formula is C8H7N2O2-. The number of hydroxylamine groups is 1. The summed E-state index contributed by atoms with van der Waals surface area (Å²) in [5.74, 6) is -0.144. The van der Waals surface area contributed by atoms with Crippen molar-refractivity contribution in [2.75, 3.05) is 5.06 Å². The molecule has 62 valence electrons. The molecular weight excluding hydrogens is 156 g/mol. The second kappa shape index (κ2) is 2.57. The lowest BCUT2D eigenvalue weighted by Gasteiger charge is -2.32. The number of amides is 1. The molecule has 4 heteroatoms. The summed E-state index contributed by atoms with van der Waals surface area (Å²) >= 11 is 0. The third-order valence-corrected chi connectivity index (χ3v) is 1.89. The van der Waals surface area contributed by atoms with Crippen molar-refractivity contribution < 1.29 is 4.79 Å². The molecule has 1 aliphatic heterocycles. The fourth-order valence-corrected chi connectivity index (χ4v) is 1.27. The zero-order chi connectivity index (χ0) is 8.55. The van der Waals surface area contributed by atoms with Gasteiger partial charge in [0.2, 0.25) is 5.91 Å². The lowest BCUT2D eigenvalue weighted by atomic mass is 10.1. The van der Waals surface area contributed by atoms with E-state index in [1.807, 2.05) is 6.07 Å². The Bertz CT molecular complexity index is 325. The molecule has 0 aliphatic carbocycles. The van der Waals surface area contributed by atoms with E-state index in [2.05, 4.69) is 4.98 Å². The van der Waals surface area contributed by atoms with Crippen molar-refractivity contribution in [1.82, 2.24) is 4.98 Å². The third kappa shape index (κ3) is 0.967. The second-order valence-corrected chi connectivity index (χ2v) is 2.67. The second-order valence-electron chi connectivity index (χ2n) is 2.67. The number of rotatable bonds is 0. The van der Waals surface area contributed by atoms with Gasteiger partial charge in [-0.3, -0.25) is 4.79 Å². The van der Waals surface area contributed by atoms with Crippen LogP contribution < -0.4 is 5.06 Å². The summed E-state index contributed by atoms with van der Waals surface area (Å²) in [5.41, 5.74) is 0.854. The van der Waals surface area contributed by atoms with E-state index >= 15 is 0 Å². The lowest BCUT2D eigenvalue weighted by molar-refractivity contribution is -0.118. The summed E-state index contributed by atoms with van der Waals surface area (Å²) in [6, 6.07) is 3.59. The maximum atomic E-state index is 11.1. The average Bonchev–Trinajstić information content (AvgIpc) is 2.12. The van der Waals surface area contributed by atoms with Crippen molar-refractivity contribution in [3.05, 3.63) is 29.1 Å². The van der Waals surface area contributed by atoms with Crippen molar-refractivity contribution in [3.8, 4) is 0 Å². The van der Waals surface area contributed by atoms with Crippen molar-refractivity contribution in [2.24, 2.45) is 0 Å². The molecule has 1 aliphatic rings. The van der Waals surface area contributed by atoms with E-state index in [0.29, 0.717) is 17.9 Å². The summed E-state index contributed by atoms with van der Waals surface area (Å²) in [6.07, 6.45) is 2.44. The molecule has 12 heavy (non-hydrogen) atoms. The van der Waals surface area contributed by atoms with Gasteiger partial charge in [0.1, 0.15) is 5.82 Å². The van der Waals surface area contributed by atoms with E-state index in [0.717, 1.165) is 5.56 Å². The Morgan fingerprint density at radius 2 is 2.33 bits per heavy atom. The van der Waals surface area contributed by atoms with Crippen LogP contribution in [0.25, 0.3) is 0 Å². The van der Waals surface area contributed by atoms with Gasteiger partial charge in [-0.05, 0) is 18.1 Å². The van der Waals surface area contributed by atoms with Crippen LogP contribution in [0.5, 0.6) is 0 Å². The van der Waals surface area contributed by atoms with E-state index in [1.165, 1.54) is 6.20 Å². The van der Waals surface area contributed by atoms with Crippen LogP contribution in [0.4, 0.5) is 5.82 Å². The van der Waals surface area contributed by atoms with Gasteiger partial charge in [0.15, 0.2) is 0 Å². The molecule has 0 saturated carbocycles. The minimum absolute atomic E-state index is 0.258. The number of aromatic nitrogens is 1. The van der Waals surface area contributed by atoms with E-state index in [1.54, 1.807) is 6.07 Å². The number of carbonyl (C=O) groups is 1. The first-order valence-electron chi connectivity index (χ1n) is 3.73. The van der Waals surface area contributed by atoms with Crippen LogP contribution >= 0.6 is 0 Å². The van der Waals surface area contributed by atoms with Gasteiger partial charge in [0, 0.05) is 12.6 Å². The van der Waals surface area contributed by atoms with Crippen LogP contribution in [0.2, 0.25) is 0 Å². The zero-order valence-corrected chi connectivity index (χ0v) is 6.36. The molecule has 0 N–H and O–H groups in total. The van der Waals surface area contributed by atoms with Crippen molar-refractivity contribution in [2.45, 2.75) is 12.8 Å². The molecule has 2 heterocycles. The number of anilines is 1. The number of nitrogens with zero attached hydrogens (tertiary/aromatic N) is 2. The first-order chi connectivity index (χ1) is 5.79. The molecule has 1 aromatic heterocycles. The molecule has 0 saturated heterocycles. The summed E-state index contributed by atoms with van der Waals surface area (Å²) in [7, 11) is 0. The Hall–Kier alpha value is -1.42. The molecule has 0 bridgehead atoms. The standard InChI is InChI=1S/C8H7N2O2/c11-7-4-3-6-2-1-5-9-8(6)10(7)12/h1-2,5H,3-4H2/q-1. The number of aryl methyl sites for hydroxylation is 1. The molecule has 1 amide bonds. The highest BCUT2D eigenvalue weighted by Gasteiger charge is 2.17. The Balaban J connectivity index is 2.48. The van der Waals surface area contributed by atoms with E-state index < -0.39 is 5.91 Å². The Labute approximate surface area is 69.4 Å². The summed E-state index contributed by atoms with van der Waals surface area (Å²) in [4.78, 5) is 14.8. The maximum Gasteiger partial charge on any atom is 0.217 e. The van der Waals surface area contributed by atoms with Gasteiger partial charge >= 0.3 is 0 Å². The fourth-order valence-electron chi connectivity index (χ4n) is 1.27. The maximum absolute atomic E-state index is 11.1. The minimum atomic E-state index is -0.402. The summed E-state index contributed by atoms with van der Waals surface area (Å²) in [5, 5.41) is 11.5. The predicted octanol–water partition coefficient (Wildman–Crippen LogP) is 0.859. The molecule has 0 unspecified atom stereocenters. The minimum Gasteiger partial charge on any atom is -0.751 e. The summed E-state index contributed by atoms with van der Waals surface area (Å²) in [6.45, 7) is 0. The fraction of sp³-hybridized carbons (Fsp3) is 0.250. The number of pyridine rings is 1. The molecule has 2 rings (SSSR count). The third-order valence-electron chi connectivity index (χ3n) is 1.89. The quantitative estimate of drug-likeness (QED) is 0.570. The molecule has 0 atom stereocenters. The van der Waals surface area contributed by atoms with Crippen molar-refractivity contribution in [1.29, 1.82) is 0 Å². The first-order valence-corrected chi connectivity index (χ1v) is 3.73.